The summed E-state index contributed by atoms with van der Waals surface area (Å²) in [6.45, 7) is 4.60. The van der Waals surface area contributed by atoms with Crippen LogP contribution in [0.4, 0.5) is 0 Å². The maximum Gasteiger partial charge on any atom is 0.0979 e. The van der Waals surface area contributed by atoms with Gasteiger partial charge in [0.2, 0.25) is 0 Å². The Morgan fingerprint density at radius 3 is 2.12 bits per heavy atom. The van der Waals surface area contributed by atoms with E-state index < -0.39 is 0 Å². The summed E-state index contributed by atoms with van der Waals surface area (Å²) in [6.07, 6.45) is 0. The summed E-state index contributed by atoms with van der Waals surface area (Å²) < 4.78 is 4.72. The highest BCUT2D eigenvalue weighted by Crippen LogP contribution is 2.46. The first-order valence-electron chi connectivity index (χ1n) is 8.24. The van der Waals surface area contributed by atoms with E-state index in [9.17, 15) is 0 Å². The summed E-state index contributed by atoms with van der Waals surface area (Å²) in [5.74, 6) is 0. The predicted octanol–water partition coefficient (Wildman–Crippen LogP) is 5.72. The van der Waals surface area contributed by atoms with Gasteiger partial charge in [0.05, 0.1) is 40.9 Å². The number of rotatable bonds is 2. The van der Waals surface area contributed by atoms with Gasteiger partial charge in [-0.05, 0) is 60.2 Å². The molecule has 0 bridgehead atoms. The lowest BCUT2D eigenvalue weighted by Gasteiger charge is -2.05. The van der Waals surface area contributed by atoms with Crippen LogP contribution in [0.15, 0.2) is 42.5 Å². The number of nitrogens with zero attached hydrogens (tertiary/aromatic N) is 2. The number of aromatic nitrogens is 2. The molecule has 1 aromatic heterocycles. The number of fused-ring (bicyclic) bond motifs is 4. The maximum absolute atomic E-state index is 5.39. The lowest BCUT2D eigenvalue weighted by atomic mass is 9.99. The monoisotopic (exact) mass is 346 g/mol. The molecule has 0 fully saturated rings. The van der Waals surface area contributed by atoms with E-state index in [0.717, 1.165) is 28.0 Å². The quantitative estimate of drug-likeness (QED) is 0.410. The Hall–Kier alpha value is -2.49. The fourth-order valence-corrected chi connectivity index (χ4v) is 3.94. The van der Waals surface area contributed by atoms with Crippen LogP contribution in [0.2, 0.25) is 0 Å². The molecule has 3 nitrogen and oxygen atoms in total. The Balaban J connectivity index is 1.86. The SMILES string of the molecule is Cc1cc2c3c(cc(C)cc3c1)-c1nc3cc(COCl)ccc3nc1-2. The highest BCUT2D eigenvalue weighted by molar-refractivity contribution is 6.14. The van der Waals surface area contributed by atoms with Crippen molar-refractivity contribution in [2.45, 2.75) is 20.5 Å². The molecule has 0 spiro atoms. The first-order chi connectivity index (χ1) is 12.1. The summed E-state index contributed by atoms with van der Waals surface area (Å²) in [5.41, 5.74) is 9.50. The number of hydrogen-bond donors (Lipinski definition) is 0. The van der Waals surface area contributed by atoms with Crippen molar-refractivity contribution in [3.63, 3.8) is 0 Å². The van der Waals surface area contributed by atoms with E-state index in [0.29, 0.717) is 6.61 Å². The molecular weight excluding hydrogens is 332 g/mol. The van der Waals surface area contributed by atoms with Gasteiger partial charge in [-0.1, -0.05) is 18.2 Å². The van der Waals surface area contributed by atoms with Crippen molar-refractivity contribution >= 4 is 33.7 Å². The third-order valence-corrected chi connectivity index (χ3v) is 4.91. The van der Waals surface area contributed by atoms with E-state index in [1.165, 1.54) is 33.0 Å². The van der Waals surface area contributed by atoms with Crippen LogP contribution >= 0.6 is 11.9 Å². The highest BCUT2D eigenvalue weighted by Gasteiger charge is 2.25. The normalized spacial score (nSPS) is 12.1. The van der Waals surface area contributed by atoms with E-state index in [-0.39, 0.29) is 0 Å². The molecule has 122 valence electrons. The third kappa shape index (κ3) is 2.16. The van der Waals surface area contributed by atoms with Crippen LogP contribution in [0.3, 0.4) is 0 Å². The summed E-state index contributed by atoms with van der Waals surface area (Å²) in [4.78, 5) is 9.88. The minimum absolute atomic E-state index is 0.352. The molecule has 0 saturated heterocycles. The van der Waals surface area contributed by atoms with E-state index in [1.807, 2.05) is 18.2 Å². The second-order valence-electron chi connectivity index (χ2n) is 6.72. The minimum atomic E-state index is 0.352. The third-order valence-electron chi connectivity index (χ3n) is 4.80. The standard InChI is InChI=1S/C21H15ClN2O/c1-11-5-14-6-12(2)8-16-19(14)15(7-11)20-21(16)24-18-9-13(10-25-22)3-4-17(18)23-20/h3-9H,10H2,1-2H3. The summed E-state index contributed by atoms with van der Waals surface area (Å²) in [7, 11) is 0. The molecule has 1 aliphatic carbocycles. The average molecular weight is 347 g/mol. The van der Waals surface area contributed by atoms with Gasteiger partial charge in [-0.3, -0.25) is 4.29 Å². The molecule has 4 aromatic rings. The van der Waals surface area contributed by atoms with Gasteiger partial charge in [0.1, 0.15) is 0 Å². The zero-order chi connectivity index (χ0) is 17.1. The van der Waals surface area contributed by atoms with Crippen molar-refractivity contribution in [3.05, 3.63) is 59.2 Å². The summed E-state index contributed by atoms with van der Waals surface area (Å²) in [6, 6.07) is 14.8. The minimum Gasteiger partial charge on any atom is -0.274 e. The van der Waals surface area contributed by atoms with Crippen LogP contribution in [-0.2, 0) is 10.9 Å². The fraction of sp³-hybridized carbons (Fsp3) is 0.143. The first-order valence-corrected chi connectivity index (χ1v) is 8.55. The van der Waals surface area contributed by atoms with Gasteiger partial charge in [-0.15, -0.1) is 0 Å². The molecule has 1 heterocycles. The fourth-order valence-electron chi connectivity index (χ4n) is 3.82. The van der Waals surface area contributed by atoms with E-state index in [2.05, 4.69) is 38.1 Å². The Kier molecular flexibility index (Phi) is 3.11. The van der Waals surface area contributed by atoms with Crippen molar-refractivity contribution in [2.24, 2.45) is 0 Å². The predicted molar refractivity (Wildman–Crippen MR) is 102 cm³/mol. The van der Waals surface area contributed by atoms with Gasteiger partial charge in [0, 0.05) is 16.5 Å². The molecule has 1 aliphatic rings. The molecule has 0 radical (unpaired) electrons. The van der Waals surface area contributed by atoms with Crippen LogP contribution in [0, 0.1) is 13.8 Å². The van der Waals surface area contributed by atoms with Gasteiger partial charge in [0.15, 0.2) is 0 Å². The van der Waals surface area contributed by atoms with Gasteiger partial charge in [-0.2, -0.15) is 0 Å². The molecule has 0 N–H and O–H groups in total. The maximum atomic E-state index is 5.39. The van der Waals surface area contributed by atoms with Gasteiger partial charge in [0.25, 0.3) is 0 Å². The molecule has 0 saturated carbocycles. The highest BCUT2D eigenvalue weighted by atomic mass is 35.5. The van der Waals surface area contributed by atoms with E-state index >= 15 is 0 Å². The Morgan fingerprint density at radius 1 is 0.840 bits per heavy atom. The average Bonchev–Trinajstić information content (AvgIpc) is 2.87. The summed E-state index contributed by atoms with van der Waals surface area (Å²) in [5, 5.41) is 2.51. The Morgan fingerprint density at radius 2 is 1.48 bits per heavy atom. The van der Waals surface area contributed by atoms with E-state index in [4.69, 9.17) is 26.1 Å². The number of benzene rings is 3. The van der Waals surface area contributed by atoms with Crippen molar-refractivity contribution < 1.29 is 4.29 Å². The van der Waals surface area contributed by atoms with Gasteiger partial charge in [-0.25, -0.2) is 9.97 Å². The van der Waals surface area contributed by atoms with E-state index in [1.54, 1.807) is 0 Å². The van der Waals surface area contributed by atoms with Crippen LogP contribution in [0.25, 0.3) is 44.3 Å². The van der Waals surface area contributed by atoms with Gasteiger partial charge < -0.3 is 0 Å². The molecule has 0 unspecified atom stereocenters. The molecule has 0 atom stereocenters. The van der Waals surface area contributed by atoms with Crippen molar-refractivity contribution in [1.29, 1.82) is 0 Å². The zero-order valence-corrected chi connectivity index (χ0v) is 14.7. The Bertz CT molecular complexity index is 1180. The summed E-state index contributed by atoms with van der Waals surface area (Å²) >= 11 is 5.39. The van der Waals surface area contributed by atoms with Crippen molar-refractivity contribution in [2.75, 3.05) is 0 Å². The smallest absolute Gasteiger partial charge is 0.0979 e. The topological polar surface area (TPSA) is 35.0 Å². The molecule has 0 amide bonds. The molecule has 3 aromatic carbocycles. The van der Waals surface area contributed by atoms with Crippen LogP contribution in [0.1, 0.15) is 16.7 Å². The largest absolute Gasteiger partial charge is 0.274 e. The zero-order valence-electron chi connectivity index (χ0n) is 13.9. The van der Waals surface area contributed by atoms with Crippen LogP contribution < -0.4 is 0 Å². The lowest BCUT2D eigenvalue weighted by molar-refractivity contribution is 0.341. The second kappa shape index (κ2) is 5.25. The molecule has 0 aliphatic heterocycles. The molecular formula is C21H15ClN2O. The number of halogens is 1. The molecule has 4 heteroatoms. The number of aryl methyl sites for hydroxylation is 2. The van der Waals surface area contributed by atoms with Crippen LogP contribution in [-0.4, -0.2) is 9.97 Å². The van der Waals surface area contributed by atoms with Crippen LogP contribution in [0.5, 0.6) is 0 Å². The molecule has 25 heavy (non-hydrogen) atoms. The molecule has 5 rings (SSSR count). The van der Waals surface area contributed by atoms with Crippen molar-refractivity contribution in [1.82, 2.24) is 9.97 Å². The van der Waals surface area contributed by atoms with Crippen molar-refractivity contribution in [3.8, 4) is 22.5 Å². The first kappa shape index (κ1) is 14.8. The number of hydrogen-bond acceptors (Lipinski definition) is 3. The Labute approximate surface area is 150 Å². The van der Waals surface area contributed by atoms with Gasteiger partial charge >= 0.3 is 0 Å². The second-order valence-corrected chi connectivity index (χ2v) is 6.94. The lowest BCUT2D eigenvalue weighted by Crippen LogP contribution is -1.93.